The molecule has 0 aromatic heterocycles. The smallest absolute Gasteiger partial charge is 0.206 e. The van der Waals surface area contributed by atoms with Crippen molar-refractivity contribution in [1.82, 2.24) is 4.31 Å². The minimum absolute atomic E-state index is 0.152. The maximum Gasteiger partial charge on any atom is 0.350 e. The van der Waals surface area contributed by atoms with E-state index in [-0.39, 0.29) is 6.54 Å². The Hall–Kier alpha value is 0.250. The summed E-state index contributed by atoms with van der Waals surface area (Å²) in [7, 11) is -3.20. The number of hydrogen-bond donors (Lipinski definition) is 0. The summed E-state index contributed by atoms with van der Waals surface area (Å²) in [5, 5.41) is 0.846. The van der Waals surface area contributed by atoms with Gasteiger partial charge >= 0.3 is 5.76 Å². The van der Waals surface area contributed by atoms with Gasteiger partial charge in [-0.1, -0.05) is 22.4 Å². The van der Waals surface area contributed by atoms with Crippen LogP contribution in [0, 0.1) is 0 Å². The summed E-state index contributed by atoms with van der Waals surface area (Å²) in [6.45, 7) is 0.152. The first-order valence-electron chi connectivity index (χ1n) is 4.22. The average Bonchev–Trinajstić information content (AvgIpc) is 2.11. The standard InChI is InChI=1S/C7H14BrF2NO2S/c1-11(6-4-2-3-5-8)14(12,13)7(9)10/h7H,2-6H2,1H3. The molecule has 0 saturated heterocycles. The van der Waals surface area contributed by atoms with Crippen molar-refractivity contribution in [2.24, 2.45) is 0 Å². The molecule has 0 aliphatic rings. The SMILES string of the molecule is CN(CCCCCBr)S(=O)(=O)C(F)F. The van der Waals surface area contributed by atoms with Gasteiger partial charge in [-0.2, -0.15) is 8.78 Å². The first-order valence-corrected chi connectivity index (χ1v) is 6.84. The van der Waals surface area contributed by atoms with E-state index in [9.17, 15) is 17.2 Å². The minimum atomic E-state index is -4.38. The van der Waals surface area contributed by atoms with Crippen LogP contribution in [-0.4, -0.2) is 37.4 Å². The van der Waals surface area contributed by atoms with Gasteiger partial charge in [-0.15, -0.1) is 0 Å². The number of sulfonamides is 1. The van der Waals surface area contributed by atoms with Gasteiger partial charge in [0.05, 0.1) is 0 Å². The zero-order chi connectivity index (χ0) is 11.2. The molecule has 0 bridgehead atoms. The topological polar surface area (TPSA) is 37.4 Å². The lowest BCUT2D eigenvalue weighted by Crippen LogP contribution is -2.32. The summed E-state index contributed by atoms with van der Waals surface area (Å²) in [4.78, 5) is 0. The second-order valence-corrected chi connectivity index (χ2v) is 5.68. The molecule has 0 aromatic carbocycles. The van der Waals surface area contributed by atoms with E-state index in [0.29, 0.717) is 10.7 Å². The van der Waals surface area contributed by atoms with E-state index in [4.69, 9.17) is 0 Å². The Labute approximate surface area is 91.6 Å². The van der Waals surface area contributed by atoms with Crippen LogP contribution in [0.5, 0.6) is 0 Å². The zero-order valence-corrected chi connectivity index (χ0v) is 10.3. The zero-order valence-electron chi connectivity index (χ0n) is 7.92. The fourth-order valence-electron chi connectivity index (χ4n) is 0.869. The summed E-state index contributed by atoms with van der Waals surface area (Å²) >= 11 is 3.23. The van der Waals surface area contributed by atoms with Gasteiger partial charge in [-0.25, -0.2) is 12.7 Å². The molecule has 0 aromatic rings. The van der Waals surface area contributed by atoms with E-state index in [1.54, 1.807) is 0 Å². The first kappa shape index (κ1) is 14.2. The number of nitrogens with zero attached hydrogens (tertiary/aromatic N) is 1. The highest BCUT2D eigenvalue weighted by Crippen LogP contribution is 2.11. The molecular weight excluding hydrogens is 280 g/mol. The molecule has 14 heavy (non-hydrogen) atoms. The third kappa shape index (κ3) is 4.65. The lowest BCUT2D eigenvalue weighted by atomic mass is 10.2. The highest BCUT2D eigenvalue weighted by molar-refractivity contribution is 9.09. The molecule has 0 N–H and O–H groups in total. The summed E-state index contributed by atoms with van der Waals surface area (Å²) in [6.07, 6.45) is 2.35. The molecule has 0 heterocycles. The van der Waals surface area contributed by atoms with Crippen LogP contribution in [0.2, 0.25) is 0 Å². The maximum atomic E-state index is 12.0. The largest absolute Gasteiger partial charge is 0.350 e. The highest BCUT2D eigenvalue weighted by atomic mass is 79.9. The molecule has 0 atom stereocenters. The summed E-state index contributed by atoms with van der Waals surface area (Å²) < 4.78 is 46.4. The van der Waals surface area contributed by atoms with E-state index in [2.05, 4.69) is 15.9 Å². The monoisotopic (exact) mass is 293 g/mol. The number of unbranched alkanes of at least 4 members (excludes halogenated alkanes) is 2. The molecule has 86 valence electrons. The van der Waals surface area contributed by atoms with Crippen molar-refractivity contribution in [3.05, 3.63) is 0 Å². The highest BCUT2D eigenvalue weighted by Gasteiger charge is 2.28. The van der Waals surface area contributed by atoms with E-state index < -0.39 is 15.8 Å². The van der Waals surface area contributed by atoms with E-state index >= 15 is 0 Å². The Morgan fingerprint density at radius 2 is 1.86 bits per heavy atom. The summed E-state index contributed by atoms with van der Waals surface area (Å²) in [5.41, 5.74) is 0. The predicted octanol–water partition coefficient (Wildman–Crippen LogP) is 2.04. The first-order chi connectivity index (χ1) is 6.42. The molecule has 0 radical (unpaired) electrons. The van der Waals surface area contributed by atoms with Crippen molar-refractivity contribution < 1.29 is 17.2 Å². The van der Waals surface area contributed by atoms with Gasteiger partial charge in [0.15, 0.2) is 0 Å². The van der Waals surface area contributed by atoms with Crippen molar-refractivity contribution >= 4 is 26.0 Å². The Morgan fingerprint density at radius 3 is 2.29 bits per heavy atom. The van der Waals surface area contributed by atoms with Crippen LogP contribution < -0.4 is 0 Å². The fourth-order valence-corrected chi connectivity index (χ4v) is 1.92. The van der Waals surface area contributed by atoms with Gasteiger partial charge in [0.25, 0.3) is 10.0 Å². The van der Waals surface area contributed by atoms with E-state index in [1.807, 2.05) is 0 Å². The number of hydrogen-bond acceptors (Lipinski definition) is 2. The Balaban J connectivity index is 3.90. The molecule has 0 amide bonds. The van der Waals surface area contributed by atoms with E-state index in [0.717, 1.165) is 18.2 Å². The van der Waals surface area contributed by atoms with Crippen LogP contribution in [0.15, 0.2) is 0 Å². The molecular formula is C7H14BrF2NO2S. The molecule has 0 fully saturated rings. The second-order valence-electron chi connectivity index (χ2n) is 2.88. The predicted molar refractivity (Wildman–Crippen MR) is 55.2 cm³/mol. The van der Waals surface area contributed by atoms with Crippen LogP contribution >= 0.6 is 15.9 Å². The molecule has 0 rings (SSSR count). The lowest BCUT2D eigenvalue weighted by Gasteiger charge is -2.15. The quantitative estimate of drug-likeness (QED) is 0.532. The van der Waals surface area contributed by atoms with Crippen LogP contribution in [0.25, 0.3) is 0 Å². The fraction of sp³-hybridized carbons (Fsp3) is 1.00. The molecule has 0 aliphatic heterocycles. The summed E-state index contributed by atoms with van der Waals surface area (Å²) in [5.74, 6) is -3.32. The molecule has 0 saturated carbocycles. The Bertz CT molecular complexity index is 246. The van der Waals surface area contributed by atoms with Gasteiger partial charge in [0.2, 0.25) is 0 Å². The number of rotatable bonds is 7. The summed E-state index contributed by atoms with van der Waals surface area (Å²) in [6, 6.07) is 0. The molecule has 0 aliphatic carbocycles. The number of halogens is 3. The van der Waals surface area contributed by atoms with Crippen LogP contribution in [0.4, 0.5) is 8.78 Å². The minimum Gasteiger partial charge on any atom is -0.206 e. The Kier molecular flexibility index (Phi) is 6.80. The van der Waals surface area contributed by atoms with Crippen molar-refractivity contribution in [2.45, 2.75) is 25.0 Å². The van der Waals surface area contributed by atoms with Gasteiger partial charge in [-0.3, -0.25) is 0 Å². The third-order valence-corrected chi connectivity index (χ3v) is 3.83. The van der Waals surface area contributed by atoms with Crippen LogP contribution in [0.1, 0.15) is 19.3 Å². The van der Waals surface area contributed by atoms with Gasteiger partial charge < -0.3 is 0 Å². The average molecular weight is 294 g/mol. The number of alkyl halides is 3. The third-order valence-electron chi connectivity index (χ3n) is 1.77. The molecule has 7 heteroatoms. The van der Waals surface area contributed by atoms with Crippen molar-refractivity contribution in [3.63, 3.8) is 0 Å². The van der Waals surface area contributed by atoms with Gasteiger partial charge in [-0.05, 0) is 12.8 Å². The van der Waals surface area contributed by atoms with Gasteiger partial charge in [0.1, 0.15) is 0 Å². The van der Waals surface area contributed by atoms with Crippen LogP contribution in [0.3, 0.4) is 0 Å². The van der Waals surface area contributed by atoms with E-state index in [1.165, 1.54) is 7.05 Å². The Morgan fingerprint density at radius 1 is 1.29 bits per heavy atom. The van der Waals surface area contributed by atoms with Crippen molar-refractivity contribution in [1.29, 1.82) is 0 Å². The molecule has 0 spiro atoms. The van der Waals surface area contributed by atoms with Crippen molar-refractivity contribution in [3.8, 4) is 0 Å². The molecule has 0 unspecified atom stereocenters. The maximum absolute atomic E-state index is 12.0. The lowest BCUT2D eigenvalue weighted by molar-refractivity contribution is 0.222. The van der Waals surface area contributed by atoms with Crippen LogP contribution in [-0.2, 0) is 10.0 Å². The second kappa shape index (κ2) is 6.68. The normalized spacial score (nSPS) is 12.7. The van der Waals surface area contributed by atoms with Gasteiger partial charge in [0, 0.05) is 18.9 Å². The van der Waals surface area contributed by atoms with Crippen molar-refractivity contribution in [2.75, 3.05) is 18.9 Å². The molecule has 3 nitrogen and oxygen atoms in total.